The molecule has 4 nitrogen and oxygen atoms in total. The molecular weight excluding hydrogens is 230 g/mol. The quantitative estimate of drug-likeness (QED) is 0.756. The molecule has 0 saturated heterocycles. The normalized spacial score (nSPS) is 10.2. The van der Waals surface area contributed by atoms with E-state index >= 15 is 0 Å². The van der Waals surface area contributed by atoms with Gasteiger partial charge in [0, 0.05) is 6.42 Å². The fraction of sp³-hybridized carbons (Fsp3) is 0.500. The predicted molar refractivity (Wildman–Crippen MR) is 71.0 cm³/mol. The Morgan fingerprint density at radius 1 is 1.28 bits per heavy atom. The van der Waals surface area contributed by atoms with Gasteiger partial charge in [0.1, 0.15) is 6.61 Å². The van der Waals surface area contributed by atoms with Gasteiger partial charge < -0.3 is 14.8 Å². The van der Waals surface area contributed by atoms with Crippen molar-refractivity contribution in [3.63, 3.8) is 0 Å². The highest BCUT2D eigenvalue weighted by molar-refractivity contribution is 5.75. The molecule has 1 N–H and O–H groups in total. The SMILES string of the molecule is COc1ccccc1OCCNC(=O)CC(C)C. The van der Waals surface area contributed by atoms with Crippen molar-refractivity contribution in [2.75, 3.05) is 20.3 Å². The fourth-order valence-electron chi connectivity index (χ4n) is 1.53. The Balaban J connectivity index is 2.27. The third-order valence-electron chi connectivity index (χ3n) is 2.34. The molecule has 0 aliphatic heterocycles. The van der Waals surface area contributed by atoms with E-state index in [1.54, 1.807) is 7.11 Å². The van der Waals surface area contributed by atoms with E-state index < -0.39 is 0 Å². The predicted octanol–water partition coefficient (Wildman–Crippen LogP) is 2.24. The molecule has 0 heterocycles. The number of benzene rings is 1. The standard InChI is InChI=1S/C14H21NO3/c1-11(2)10-14(16)15-8-9-18-13-7-5-4-6-12(13)17-3/h4-7,11H,8-10H2,1-3H3,(H,15,16). The van der Waals surface area contributed by atoms with Crippen molar-refractivity contribution >= 4 is 5.91 Å². The lowest BCUT2D eigenvalue weighted by Gasteiger charge is -2.11. The maximum atomic E-state index is 11.4. The first kappa shape index (κ1) is 14.4. The molecule has 0 atom stereocenters. The van der Waals surface area contributed by atoms with Gasteiger partial charge in [-0.15, -0.1) is 0 Å². The lowest BCUT2D eigenvalue weighted by atomic mass is 10.1. The van der Waals surface area contributed by atoms with Crippen LogP contribution >= 0.6 is 0 Å². The average molecular weight is 251 g/mol. The molecule has 0 aliphatic carbocycles. The minimum Gasteiger partial charge on any atom is -0.493 e. The van der Waals surface area contributed by atoms with Crippen LogP contribution in [0.15, 0.2) is 24.3 Å². The van der Waals surface area contributed by atoms with Gasteiger partial charge in [0.15, 0.2) is 11.5 Å². The minimum atomic E-state index is 0.0635. The highest BCUT2D eigenvalue weighted by atomic mass is 16.5. The van der Waals surface area contributed by atoms with Crippen LogP contribution in [0.2, 0.25) is 0 Å². The first-order valence-corrected chi connectivity index (χ1v) is 6.16. The van der Waals surface area contributed by atoms with Crippen molar-refractivity contribution in [1.29, 1.82) is 0 Å². The number of amides is 1. The summed E-state index contributed by atoms with van der Waals surface area (Å²) in [4.78, 5) is 11.4. The van der Waals surface area contributed by atoms with Crippen molar-refractivity contribution in [3.8, 4) is 11.5 Å². The van der Waals surface area contributed by atoms with Crippen LogP contribution in [0.5, 0.6) is 11.5 Å². The van der Waals surface area contributed by atoms with Crippen LogP contribution in [0.4, 0.5) is 0 Å². The summed E-state index contributed by atoms with van der Waals surface area (Å²) in [5.41, 5.74) is 0. The second-order valence-corrected chi connectivity index (χ2v) is 4.45. The van der Waals surface area contributed by atoms with Crippen molar-refractivity contribution < 1.29 is 14.3 Å². The van der Waals surface area contributed by atoms with Gasteiger partial charge in [-0.1, -0.05) is 26.0 Å². The van der Waals surface area contributed by atoms with E-state index in [2.05, 4.69) is 5.32 Å². The van der Waals surface area contributed by atoms with Gasteiger partial charge in [-0.3, -0.25) is 4.79 Å². The molecule has 4 heteroatoms. The van der Waals surface area contributed by atoms with Crippen LogP contribution in [0.1, 0.15) is 20.3 Å². The number of carbonyl (C=O) groups excluding carboxylic acids is 1. The Kier molecular flexibility index (Phi) is 6.05. The van der Waals surface area contributed by atoms with Crippen molar-refractivity contribution in [1.82, 2.24) is 5.32 Å². The summed E-state index contributed by atoms with van der Waals surface area (Å²) >= 11 is 0. The molecular formula is C14H21NO3. The summed E-state index contributed by atoms with van der Waals surface area (Å²) in [6.45, 7) is 4.98. The zero-order valence-electron chi connectivity index (χ0n) is 11.2. The topological polar surface area (TPSA) is 47.6 Å². The average Bonchev–Trinajstić information content (AvgIpc) is 2.34. The highest BCUT2D eigenvalue weighted by Crippen LogP contribution is 2.25. The molecule has 0 aliphatic rings. The van der Waals surface area contributed by atoms with Crippen LogP contribution < -0.4 is 14.8 Å². The third kappa shape index (κ3) is 5.08. The van der Waals surface area contributed by atoms with E-state index in [0.29, 0.717) is 37.0 Å². The number of rotatable bonds is 7. The number of carbonyl (C=O) groups is 1. The number of ether oxygens (including phenoxy) is 2. The maximum Gasteiger partial charge on any atom is 0.220 e. The monoisotopic (exact) mass is 251 g/mol. The Bertz CT molecular complexity index is 377. The molecule has 1 amide bonds. The molecule has 0 aromatic heterocycles. The summed E-state index contributed by atoms with van der Waals surface area (Å²) in [6, 6.07) is 7.45. The lowest BCUT2D eigenvalue weighted by Crippen LogP contribution is -2.28. The molecule has 0 unspecified atom stereocenters. The van der Waals surface area contributed by atoms with Gasteiger partial charge in [0.25, 0.3) is 0 Å². The van der Waals surface area contributed by atoms with Crippen molar-refractivity contribution in [3.05, 3.63) is 24.3 Å². The van der Waals surface area contributed by atoms with E-state index in [4.69, 9.17) is 9.47 Å². The maximum absolute atomic E-state index is 11.4. The molecule has 100 valence electrons. The summed E-state index contributed by atoms with van der Waals surface area (Å²) in [7, 11) is 1.60. The van der Waals surface area contributed by atoms with Crippen molar-refractivity contribution in [2.24, 2.45) is 5.92 Å². The summed E-state index contributed by atoms with van der Waals surface area (Å²) in [5.74, 6) is 1.83. The van der Waals surface area contributed by atoms with Crippen LogP contribution in [0, 0.1) is 5.92 Å². The Morgan fingerprint density at radius 2 is 1.94 bits per heavy atom. The first-order valence-electron chi connectivity index (χ1n) is 6.16. The fourth-order valence-corrected chi connectivity index (χ4v) is 1.53. The van der Waals surface area contributed by atoms with Gasteiger partial charge in [-0.05, 0) is 18.1 Å². The number of methoxy groups -OCH3 is 1. The second kappa shape index (κ2) is 7.58. The molecule has 1 rings (SSSR count). The van der Waals surface area contributed by atoms with E-state index in [9.17, 15) is 4.79 Å². The second-order valence-electron chi connectivity index (χ2n) is 4.45. The zero-order chi connectivity index (χ0) is 13.4. The molecule has 0 spiro atoms. The number of hydrogen-bond donors (Lipinski definition) is 1. The third-order valence-corrected chi connectivity index (χ3v) is 2.34. The Labute approximate surface area is 108 Å². The smallest absolute Gasteiger partial charge is 0.220 e. The molecule has 18 heavy (non-hydrogen) atoms. The number of para-hydroxylation sites is 2. The van der Waals surface area contributed by atoms with Crippen molar-refractivity contribution in [2.45, 2.75) is 20.3 Å². The molecule has 0 bridgehead atoms. The number of nitrogens with one attached hydrogen (secondary N) is 1. The van der Waals surface area contributed by atoms with Crippen LogP contribution in [0.3, 0.4) is 0 Å². The van der Waals surface area contributed by atoms with Gasteiger partial charge in [-0.25, -0.2) is 0 Å². The molecule has 1 aromatic carbocycles. The summed E-state index contributed by atoms with van der Waals surface area (Å²) < 4.78 is 10.7. The molecule has 1 aromatic rings. The molecule has 0 radical (unpaired) electrons. The zero-order valence-corrected chi connectivity index (χ0v) is 11.2. The van der Waals surface area contributed by atoms with Gasteiger partial charge in [0.05, 0.1) is 13.7 Å². The number of hydrogen-bond acceptors (Lipinski definition) is 3. The summed E-state index contributed by atoms with van der Waals surface area (Å²) in [5, 5.41) is 2.82. The van der Waals surface area contributed by atoms with E-state index in [-0.39, 0.29) is 5.91 Å². The highest BCUT2D eigenvalue weighted by Gasteiger charge is 2.05. The van der Waals surface area contributed by atoms with Gasteiger partial charge >= 0.3 is 0 Å². The van der Waals surface area contributed by atoms with E-state index in [1.165, 1.54) is 0 Å². The Morgan fingerprint density at radius 3 is 2.56 bits per heavy atom. The van der Waals surface area contributed by atoms with E-state index in [1.807, 2.05) is 38.1 Å². The largest absolute Gasteiger partial charge is 0.493 e. The first-order chi connectivity index (χ1) is 8.63. The van der Waals surface area contributed by atoms with Crippen LogP contribution in [0.25, 0.3) is 0 Å². The lowest BCUT2D eigenvalue weighted by molar-refractivity contribution is -0.121. The minimum absolute atomic E-state index is 0.0635. The van der Waals surface area contributed by atoms with Crippen LogP contribution in [-0.2, 0) is 4.79 Å². The molecule has 0 fully saturated rings. The molecule has 0 saturated carbocycles. The summed E-state index contributed by atoms with van der Waals surface area (Å²) in [6.07, 6.45) is 0.550. The van der Waals surface area contributed by atoms with Crippen LogP contribution in [-0.4, -0.2) is 26.2 Å². The Hall–Kier alpha value is -1.71. The van der Waals surface area contributed by atoms with Gasteiger partial charge in [0.2, 0.25) is 5.91 Å². The van der Waals surface area contributed by atoms with Gasteiger partial charge in [-0.2, -0.15) is 0 Å². The van der Waals surface area contributed by atoms with E-state index in [0.717, 1.165) is 0 Å².